The third kappa shape index (κ3) is 2.20. The minimum absolute atomic E-state index is 0.242. The number of fused-ring (bicyclic) bond motifs is 1. The zero-order valence-electron chi connectivity index (χ0n) is 9.31. The molecule has 0 spiro atoms. The lowest BCUT2D eigenvalue weighted by Crippen LogP contribution is -1.86. The van der Waals surface area contributed by atoms with Crippen molar-refractivity contribution >= 4 is 26.8 Å². The molecule has 1 aromatic heterocycles. The van der Waals surface area contributed by atoms with E-state index >= 15 is 0 Å². The quantitative estimate of drug-likeness (QED) is 0.713. The molecule has 0 amide bonds. The molecule has 1 aromatic carbocycles. The van der Waals surface area contributed by atoms with Crippen LogP contribution in [-0.2, 0) is 7.05 Å². The monoisotopic (exact) mass is 272 g/mol. The van der Waals surface area contributed by atoms with E-state index in [0.29, 0.717) is 9.86 Å². The molecule has 2 aromatic rings. The number of aryl methyl sites for hydroxylation is 2. The van der Waals surface area contributed by atoms with Gasteiger partial charge < -0.3 is 0 Å². The summed E-state index contributed by atoms with van der Waals surface area (Å²) in [5, 5.41) is 4.73. The Morgan fingerprint density at radius 3 is 2.60 bits per heavy atom. The Hall–Kier alpha value is -0.900. The van der Waals surface area contributed by atoms with Crippen molar-refractivity contribution in [3.63, 3.8) is 0 Å². The number of nitrogens with zero attached hydrogens (tertiary/aromatic N) is 2. The Balaban J connectivity index is 0.000000531. The molecule has 4 heteroatoms. The molecule has 82 valence electrons. The predicted octanol–water partition coefficient (Wildman–Crippen LogP) is 3.81. The van der Waals surface area contributed by atoms with Gasteiger partial charge >= 0.3 is 0 Å². The van der Waals surface area contributed by atoms with Crippen LogP contribution in [0.2, 0.25) is 0 Å². The van der Waals surface area contributed by atoms with Crippen molar-refractivity contribution in [2.75, 3.05) is 0 Å². The Labute approximate surface area is 97.2 Å². The number of halogens is 2. The Kier molecular flexibility index (Phi) is 3.85. The van der Waals surface area contributed by atoms with Gasteiger partial charge in [0, 0.05) is 13.2 Å². The first-order valence-electron chi connectivity index (χ1n) is 4.87. The fourth-order valence-corrected chi connectivity index (χ4v) is 1.95. The maximum Gasteiger partial charge on any atom is 0.148 e. The van der Waals surface area contributed by atoms with E-state index in [1.54, 1.807) is 24.0 Å². The molecule has 0 aliphatic rings. The molecule has 0 saturated heterocycles. The summed E-state index contributed by atoms with van der Waals surface area (Å²) in [7, 11) is 1.78. The fourth-order valence-electron chi connectivity index (χ4n) is 1.39. The first-order chi connectivity index (χ1) is 7.09. The van der Waals surface area contributed by atoms with E-state index in [1.807, 2.05) is 20.8 Å². The summed E-state index contributed by atoms with van der Waals surface area (Å²) < 4.78 is 15.6. The maximum atomic E-state index is 13.5. The van der Waals surface area contributed by atoms with Gasteiger partial charge in [0.25, 0.3) is 0 Å². The van der Waals surface area contributed by atoms with Crippen molar-refractivity contribution in [1.82, 2.24) is 9.78 Å². The molecular weight excluding hydrogens is 259 g/mol. The highest BCUT2D eigenvalue weighted by atomic mass is 79.9. The molecule has 0 radical (unpaired) electrons. The first-order valence-corrected chi connectivity index (χ1v) is 5.67. The Morgan fingerprint density at radius 1 is 1.40 bits per heavy atom. The van der Waals surface area contributed by atoms with Gasteiger partial charge in [0.2, 0.25) is 0 Å². The van der Waals surface area contributed by atoms with Gasteiger partial charge in [-0.1, -0.05) is 13.8 Å². The van der Waals surface area contributed by atoms with Crippen molar-refractivity contribution < 1.29 is 4.39 Å². The summed E-state index contributed by atoms with van der Waals surface area (Å²) in [6.07, 6.45) is 1.68. The fraction of sp³-hybridized carbons (Fsp3) is 0.364. The number of benzene rings is 1. The molecule has 15 heavy (non-hydrogen) atoms. The van der Waals surface area contributed by atoms with E-state index in [1.165, 1.54) is 0 Å². The van der Waals surface area contributed by atoms with Crippen LogP contribution in [-0.4, -0.2) is 9.78 Å². The van der Waals surface area contributed by atoms with Gasteiger partial charge in [-0.3, -0.25) is 4.68 Å². The van der Waals surface area contributed by atoms with Gasteiger partial charge in [-0.25, -0.2) is 4.39 Å². The van der Waals surface area contributed by atoms with Crippen molar-refractivity contribution in [3.8, 4) is 0 Å². The summed E-state index contributed by atoms with van der Waals surface area (Å²) >= 11 is 3.16. The van der Waals surface area contributed by atoms with Gasteiger partial charge in [0.15, 0.2) is 0 Å². The molecule has 0 saturated carbocycles. The minimum atomic E-state index is -0.242. The van der Waals surface area contributed by atoms with Crippen LogP contribution in [0.3, 0.4) is 0 Å². The second-order valence-corrected chi connectivity index (χ2v) is 3.91. The second kappa shape index (κ2) is 4.75. The van der Waals surface area contributed by atoms with Crippen LogP contribution in [0.15, 0.2) is 16.7 Å². The summed E-state index contributed by atoms with van der Waals surface area (Å²) in [6, 6.07) is 1.74. The summed E-state index contributed by atoms with van der Waals surface area (Å²) in [6.45, 7) is 5.92. The third-order valence-corrected chi connectivity index (χ3v) is 2.57. The molecule has 0 atom stereocenters. The molecule has 1 heterocycles. The topological polar surface area (TPSA) is 17.8 Å². The average Bonchev–Trinajstić information content (AvgIpc) is 2.61. The van der Waals surface area contributed by atoms with E-state index < -0.39 is 0 Å². The number of hydrogen-bond acceptors (Lipinski definition) is 1. The van der Waals surface area contributed by atoms with Crippen LogP contribution in [0.5, 0.6) is 0 Å². The largest absolute Gasteiger partial charge is 0.274 e. The summed E-state index contributed by atoms with van der Waals surface area (Å²) in [5.74, 6) is -0.242. The van der Waals surface area contributed by atoms with E-state index in [-0.39, 0.29) is 5.82 Å². The lowest BCUT2D eigenvalue weighted by atomic mass is 10.1. The smallest absolute Gasteiger partial charge is 0.148 e. The highest BCUT2D eigenvalue weighted by molar-refractivity contribution is 9.10. The van der Waals surface area contributed by atoms with Crippen LogP contribution < -0.4 is 0 Å². The van der Waals surface area contributed by atoms with Crippen LogP contribution >= 0.6 is 15.9 Å². The normalized spacial score (nSPS) is 10.0. The van der Waals surface area contributed by atoms with Crippen LogP contribution in [0.4, 0.5) is 4.39 Å². The molecule has 0 fully saturated rings. The van der Waals surface area contributed by atoms with Gasteiger partial charge in [-0.15, -0.1) is 0 Å². The number of hydrogen-bond donors (Lipinski definition) is 0. The zero-order valence-corrected chi connectivity index (χ0v) is 10.9. The molecule has 0 N–H and O–H groups in total. The van der Waals surface area contributed by atoms with E-state index in [2.05, 4.69) is 21.0 Å². The lowest BCUT2D eigenvalue weighted by molar-refractivity contribution is 0.633. The second-order valence-electron chi connectivity index (χ2n) is 3.05. The maximum absolute atomic E-state index is 13.5. The standard InChI is InChI=1S/C9H8BrFN2.C2H6/c1-5-3-7(10)8(11)6-4-13(2)12-9(5)6;1-2/h3-4H,1-2H3;1-2H3. The highest BCUT2D eigenvalue weighted by Gasteiger charge is 2.10. The number of aromatic nitrogens is 2. The van der Waals surface area contributed by atoms with Crippen molar-refractivity contribution in [3.05, 3.63) is 28.1 Å². The zero-order chi connectivity index (χ0) is 11.6. The van der Waals surface area contributed by atoms with Gasteiger partial charge in [0.05, 0.1) is 15.4 Å². The molecule has 0 bridgehead atoms. The van der Waals surface area contributed by atoms with Gasteiger partial charge in [-0.05, 0) is 34.5 Å². The lowest BCUT2D eigenvalue weighted by Gasteiger charge is -1.98. The van der Waals surface area contributed by atoms with Crippen molar-refractivity contribution in [2.45, 2.75) is 20.8 Å². The molecule has 0 unspecified atom stereocenters. The predicted molar refractivity (Wildman–Crippen MR) is 64.5 cm³/mol. The highest BCUT2D eigenvalue weighted by Crippen LogP contribution is 2.26. The summed E-state index contributed by atoms with van der Waals surface area (Å²) in [5.41, 5.74) is 1.70. The van der Waals surface area contributed by atoms with Gasteiger partial charge in [0.1, 0.15) is 5.82 Å². The SMILES string of the molecule is CC.Cc1cc(Br)c(F)c2cn(C)nc12. The molecule has 0 aliphatic carbocycles. The van der Waals surface area contributed by atoms with Crippen LogP contribution in [0, 0.1) is 12.7 Å². The van der Waals surface area contributed by atoms with Crippen molar-refractivity contribution in [1.29, 1.82) is 0 Å². The molecule has 2 nitrogen and oxygen atoms in total. The molecular formula is C11H14BrFN2. The molecule has 2 rings (SSSR count). The average molecular weight is 273 g/mol. The number of rotatable bonds is 0. The summed E-state index contributed by atoms with van der Waals surface area (Å²) in [4.78, 5) is 0. The van der Waals surface area contributed by atoms with E-state index in [4.69, 9.17) is 0 Å². The molecule has 0 aliphatic heterocycles. The minimum Gasteiger partial charge on any atom is -0.274 e. The van der Waals surface area contributed by atoms with Crippen LogP contribution in [0.1, 0.15) is 19.4 Å². The van der Waals surface area contributed by atoms with E-state index in [0.717, 1.165) is 11.1 Å². The Morgan fingerprint density at radius 2 is 2.00 bits per heavy atom. The van der Waals surface area contributed by atoms with Gasteiger partial charge in [-0.2, -0.15) is 5.10 Å². The van der Waals surface area contributed by atoms with E-state index in [9.17, 15) is 4.39 Å². The third-order valence-electron chi connectivity index (χ3n) is 1.99. The van der Waals surface area contributed by atoms with Crippen molar-refractivity contribution in [2.24, 2.45) is 7.05 Å². The Bertz CT molecular complexity index is 477. The van der Waals surface area contributed by atoms with Crippen LogP contribution in [0.25, 0.3) is 10.9 Å². The first kappa shape index (κ1) is 12.2.